The monoisotopic (exact) mass is 1140 g/mol. The van der Waals surface area contributed by atoms with Crippen LogP contribution in [0.15, 0.2) is 0 Å². The fourth-order valence-corrected chi connectivity index (χ4v) is 8.78. The average Bonchev–Trinajstić information content (AvgIpc) is 3.86. The molecule has 27 heteroatoms. The molecule has 1 saturated heterocycles. The summed E-state index contributed by atoms with van der Waals surface area (Å²) in [5.41, 5.74) is 11.1. The van der Waals surface area contributed by atoms with E-state index in [9.17, 15) is 72.5 Å². The first kappa shape index (κ1) is 71.1. The van der Waals surface area contributed by atoms with Crippen molar-refractivity contribution in [3.05, 3.63) is 0 Å². The Morgan fingerprint density at radius 2 is 0.887 bits per heavy atom. The van der Waals surface area contributed by atoms with Crippen LogP contribution < -0.4 is 54.0 Å². The molecule has 1 fully saturated rings. The van der Waals surface area contributed by atoms with Crippen LogP contribution in [0.25, 0.3) is 0 Å². The van der Waals surface area contributed by atoms with Gasteiger partial charge in [-0.25, -0.2) is 4.79 Å². The molecule has 0 spiro atoms. The first-order chi connectivity index (χ1) is 37.2. The van der Waals surface area contributed by atoms with Crippen LogP contribution in [0, 0.1) is 35.5 Å². The van der Waals surface area contributed by atoms with Crippen LogP contribution in [0.2, 0.25) is 0 Å². The third-order valence-corrected chi connectivity index (χ3v) is 13.9. The summed E-state index contributed by atoms with van der Waals surface area (Å²) in [6, 6.07) is -13.3. The predicted octanol–water partition coefficient (Wildman–Crippen LogP) is -0.631. The van der Waals surface area contributed by atoms with E-state index in [1.807, 2.05) is 0 Å². The second-order valence-electron chi connectivity index (χ2n) is 22.4. The molecule has 0 radical (unpaired) electrons. The quantitative estimate of drug-likeness (QED) is 0.0371. The summed E-state index contributed by atoms with van der Waals surface area (Å²) in [6.07, 6.45) is -1.00. The molecule has 15 N–H and O–H groups in total. The van der Waals surface area contributed by atoms with Crippen LogP contribution in [-0.4, -0.2) is 164 Å². The van der Waals surface area contributed by atoms with Crippen LogP contribution in [0.3, 0.4) is 0 Å². The van der Waals surface area contributed by atoms with Crippen LogP contribution in [0.5, 0.6) is 0 Å². The number of aliphatic carboxylic acids is 3. The smallest absolute Gasteiger partial charge is 0.326 e. The summed E-state index contributed by atoms with van der Waals surface area (Å²) in [6.45, 7) is 20.5. The lowest BCUT2D eigenvalue weighted by Gasteiger charge is -2.32. The van der Waals surface area contributed by atoms with Crippen molar-refractivity contribution in [3.8, 4) is 0 Å². The Kier molecular flexibility index (Phi) is 30.4. The molecule has 12 atom stereocenters. The molecule has 0 aromatic heterocycles. The minimum absolute atomic E-state index is 0.0212. The highest BCUT2D eigenvalue weighted by molar-refractivity contribution is 5.99. The van der Waals surface area contributed by atoms with Gasteiger partial charge in [0, 0.05) is 19.4 Å². The fourth-order valence-electron chi connectivity index (χ4n) is 8.78. The molecular formula is C53H91N11O16. The lowest BCUT2D eigenvalue weighted by Crippen LogP contribution is -2.62. The zero-order valence-corrected chi connectivity index (χ0v) is 48.5. The van der Waals surface area contributed by atoms with Crippen LogP contribution in [-0.2, 0) is 62.3 Å². The third-order valence-electron chi connectivity index (χ3n) is 13.9. The van der Waals surface area contributed by atoms with Crippen molar-refractivity contribution in [1.29, 1.82) is 0 Å². The van der Waals surface area contributed by atoms with Crippen LogP contribution >= 0.6 is 0 Å². The van der Waals surface area contributed by atoms with Gasteiger partial charge in [-0.05, 0) is 74.0 Å². The van der Waals surface area contributed by atoms with Crippen LogP contribution in [0.4, 0.5) is 0 Å². The first-order valence-corrected chi connectivity index (χ1v) is 27.6. The van der Waals surface area contributed by atoms with Crippen molar-refractivity contribution in [1.82, 2.24) is 47.4 Å². The molecule has 0 bridgehead atoms. The van der Waals surface area contributed by atoms with E-state index in [4.69, 9.17) is 16.6 Å². The number of hydrogen-bond acceptors (Lipinski definition) is 14. The van der Waals surface area contributed by atoms with Gasteiger partial charge in [-0.15, -0.1) is 0 Å². The molecule has 1 heterocycles. The van der Waals surface area contributed by atoms with Gasteiger partial charge >= 0.3 is 17.9 Å². The molecule has 1 aliphatic rings. The number of likely N-dealkylation sites (tertiary alicyclic amines) is 1. The molecule has 0 aromatic carbocycles. The predicted molar refractivity (Wildman–Crippen MR) is 291 cm³/mol. The molecule has 0 unspecified atom stereocenters. The first-order valence-electron chi connectivity index (χ1n) is 27.6. The van der Waals surface area contributed by atoms with E-state index in [1.165, 1.54) is 4.90 Å². The molecule has 0 saturated carbocycles. The normalized spacial score (nSPS) is 17.5. The Morgan fingerprint density at radius 1 is 0.500 bits per heavy atom. The number of nitrogens with zero attached hydrogens (tertiary/aromatic N) is 1. The van der Waals surface area contributed by atoms with Crippen LogP contribution in [0.1, 0.15) is 154 Å². The summed E-state index contributed by atoms with van der Waals surface area (Å²) in [5.74, 6) is -14.8. The van der Waals surface area contributed by atoms with E-state index in [1.54, 1.807) is 83.1 Å². The molecular weight excluding hydrogens is 1050 g/mol. The minimum atomic E-state index is -1.67. The number of primary amides is 1. The Balaban J connectivity index is 3.42. The zero-order chi connectivity index (χ0) is 61.5. The molecule has 10 amide bonds. The number of carbonyl (C=O) groups excluding carboxylic acids is 10. The van der Waals surface area contributed by atoms with Gasteiger partial charge in [-0.2, -0.15) is 0 Å². The summed E-state index contributed by atoms with van der Waals surface area (Å²) in [7, 11) is 0. The minimum Gasteiger partial charge on any atom is -0.481 e. The molecule has 1 rings (SSSR count). The lowest BCUT2D eigenvalue weighted by atomic mass is 9.95. The summed E-state index contributed by atoms with van der Waals surface area (Å²) >= 11 is 0. The second-order valence-corrected chi connectivity index (χ2v) is 22.4. The highest BCUT2D eigenvalue weighted by Crippen LogP contribution is 2.22. The molecule has 27 nitrogen and oxygen atoms in total. The largest absolute Gasteiger partial charge is 0.481 e. The van der Waals surface area contributed by atoms with Gasteiger partial charge in [0.15, 0.2) is 0 Å². The Bertz CT molecular complexity index is 2190. The number of hydrogen-bond donors (Lipinski definition) is 13. The second kappa shape index (κ2) is 34.3. The third kappa shape index (κ3) is 23.8. The summed E-state index contributed by atoms with van der Waals surface area (Å²) < 4.78 is 0. The van der Waals surface area contributed by atoms with Crippen molar-refractivity contribution >= 4 is 77.0 Å². The van der Waals surface area contributed by atoms with E-state index >= 15 is 0 Å². The van der Waals surface area contributed by atoms with E-state index in [2.05, 4.69) is 42.5 Å². The van der Waals surface area contributed by atoms with Gasteiger partial charge < -0.3 is 74.2 Å². The fraction of sp³-hybridized carbons (Fsp3) is 0.755. The van der Waals surface area contributed by atoms with Crippen molar-refractivity contribution in [2.24, 2.45) is 47.0 Å². The van der Waals surface area contributed by atoms with Gasteiger partial charge in [0.25, 0.3) is 0 Å². The number of carboxylic acids is 3. The molecule has 454 valence electrons. The highest BCUT2D eigenvalue weighted by Gasteiger charge is 2.42. The highest BCUT2D eigenvalue weighted by atomic mass is 16.4. The van der Waals surface area contributed by atoms with Gasteiger partial charge in [-0.1, -0.05) is 95.9 Å². The SMILES string of the molecule is CC[C@H](C)[C@H](NC(=O)[C@@H](NC(=O)[C@H](CC(C)C)NC(=O)[C@@H](NC(=O)[C@@H]1CCCN1C(=O)[C@H](CCC(=O)O)NC(=O)[C@@H](NC(=O)[C@@H](N)CCC(=O)O)[C@@H](C)CC)C(C)C)C(C)C)C(=O)N[C@@H](CC(C)C)C(=O)N[C@@H](CC(N)=O)C(=O)O. The number of carboxylic acid groups (broad SMARTS) is 3. The maximum Gasteiger partial charge on any atom is 0.326 e. The van der Waals surface area contributed by atoms with Crippen molar-refractivity contribution < 1.29 is 77.6 Å². The number of nitrogens with two attached hydrogens (primary N) is 2. The van der Waals surface area contributed by atoms with Crippen molar-refractivity contribution in [3.63, 3.8) is 0 Å². The Hall–Kier alpha value is -6.93. The van der Waals surface area contributed by atoms with Crippen molar-refractivity contribution in [2.45, 2.75) is 214 Å². The molecule has 1 aliphatic heterocycles. The van der Waals surface area contributed by atoms with Gasteiger partial charge in [0.2, 0.25) is 59.1 Å². The van der Waals surface area contributed by atoms with E-state index in [-0.39, 0.29) is 44.1 Å². The van der Waals surface area contributed by atoms with E-state index < -0.39 is 187 Å². The Morgan fingerprint density at radius 3 is 1.31 bits per heavy atom. The number of carbonyl (C=O) groups is 13. The lowest BCUT2D eigenvalue weighted by molar-refractivity contribution is -0.144. The standard InChI is InChI=1S/C53H91N11O16/c1-13-29(11)42(62-44(70)31(54)17-19-38(66)67)50(76)56-32(18-20-39(68)69)52(78)64-21-15-16-36(64)47(73)61-40(27(7)8)48(74)57-34(23-26(5)6)46(72)60-41(28(9)10)49(75)63-43(30(12)14-2)51(77)58-33(22-25(3)4)45(71)59-35(53(79)80)24-37(55)65/h25-36,40-43H,13-24,54H2,1-12H3,(H2,55,65)(H,56,76)(H,57,74)(H,58,77)(H,59,71)(H,60,72)(H,61,73)(H,62,70)(H,63,75)(H,66,67)(H,68,69)(H,79,80)/t29-,30-,31-,32-,33-,34-,35-,36-,40-,41-,42-,43-/m0/s1. The van der Waals surface area contributed by atoms with Gasteiger partial charge in [-0.3, -0.25) is 57.5 Å². The zero-order valence-electron chi connectivity index (χ0n) is 48.5. The molecule has 0 aromatic rings. The molecule has 80 heavy (non-hydrogen) atoms. The van der Waals surface area contributed by atoms with Crippen molar-refractivity contribution in [2.75, 3.05) is 6.54 Å². The number of nitrogens with one attached hydrogen (secondary N) is 8. The number of rotatable bonds is 36. The van der Waals surface area contributed by atoms with Gasteiger partial charge in [0.05, 0.1) is 12.5 Å². The molecule has 0 aliphatic carbocycles. The Labute approximate surface area is 468 Å². The van der Waals surface area contributed by atoms with E-state index in [0.29, 0.717) is 19.3 Å². The maximum absolute atomic E-state index is 14.3. The summed E-state index contributed by atoms with van der Waals surface area (Å²) in [4.78, 5) is 172. The average molecular weight is 1140 g/mol. The van der Waals surface area contributed by atoms with E-state index in [0.717, 1.165) is 0 Å². The maximum atomic E-state index is 14.3. The number of amides is 10. The van der Waals surface area contributed by atoms with Gasteiger partial charge in [0.1, 0.15) is 54.4 Å². The summed E-state index contributed by atoms with van der Waals surface area (Å²) in [5, 5.41) is 49.0. The topological polar surface area (TPSA) is 434 Å².